The minimum atomic E-state index is -4.33. The lowest BCUT2D eigenvalue weighted by Gasteiger charge is -2.33. The largest absolute Gasteiger partial charge is 0.392 e. The van der Waals surface area contributed by atoms with Crippen LogP contribution in [0.25, 0.3) is 0 Å². The zero-order valence-electron chi connectivity index (χ0n) is 11.7. The molecule has 0 heterocycles. The van der Waals surface area contributed by atoms with Gasteiger partial charge in [0.05, 0.1) is 16.9 Å². The van der Waals surface area contributed by atoms with Crippen molar-refractivity contribution in [2.24, 2.45) is 23.5 Å². The maximum absolute atomic E-state index is 13.0. The fourth-order valence-corrected chi connectivity index (χ4v) is 2.99. The minimum Gasteiger partial charge on any atom is -0.392 e. The van der Waals surface area contributed by atoms with E-state index in [0.717, 1.165) is 0 Å². The third-order valence-corrected chi connectivity index (χ3v) is 4.05. The Balaban J connectivity index is 2.80. The van der Waals surface area contributed by atoms with Gasteiger partial charge in [0.25, 0.3) is 0 Å². The fourth-order valence-electron chi connectivity index (χ4n) is 2.66. The van der Waals surface area contributed by atoms with E-state index in [9.17, 15) is 18.0 Å². The number of hydrogen-bond donors (Lipinski definition) is 2. The molecular formula is C13H21F3N2OS. The Morgan fingerprint density at radius 3 is 2.30 bits per heavy atom. The van der Waals surface area contributed by atoms with Crippen LogP contribution in [0.4, 0.5) is 13.2 Å². The maximum Gasteiger partial charge on any atom is 0.392 e. The van der Waals surface area contributed by atoms with Gasteiger partial charge in [-0.2, -0.15) is 13.2 Å². The van der Waals surface area contributed by atoms with E-state index in [4.69, 9.17) is 18.0 Å². The van der Waals surface area contributed by atoms with Gasteiger partial charge >= 0.3 is 6.18 Å². The lowest BCUT2D eigenvalue weighted by molar-refractivity contribution is -0.198. The molecule has 0 saturated heterocycles. The molecule has 1 aliphatic rings. The van der Waals surface area contributed by atoms with E-state index < -0.39 is 30.0 Å². The molecule has 1 saturated carbocycles. The molecule has 20 heavy (non-hydrogen) atoms. The third-order valence-electron chi connectivity index (χ3n) is 3.79. The first-order valence-corrected chi connectivity index (χ1v) is 7.21. The van der Waals surface area contributed by atoms with Gasteiger partial charge in [-0.15, -0.1) is 0 Å². The molecule has 3 atom stereocenters. The maximum atomic E-state index is 13.0. The van der Waals surface area contributed by atoms with Gasteiger partial charge < -0.3 is 11.1 Å². The Morgan fingerprint density at radius 2 is 1.85 bits per heavy atom. The molecule has 0 aromatic heterocycles. The van der Waals surface area contributed by atoms with Crippen molar-refractivity contribution in [3.05, 3.63) is 0 Å². The molecule has 1 amide bonds. The second-order valence-electron chi connectivity index (χ2n) is 5.67. The predicted molar refractivity (Wildman–Crippen MR) is 75.1 cm³/mol. The van der Waals surface area contributed by atoms with E-state index in [1.807, 2.05) is 13.8 Å². The molecular weight excluding hydrogens is 289 g/mol. The van der Waals surface area contributed by atoms with Gasteiger partial charge in [-0.05, 0) is 18.8 Å². The summed E-state index contributed by atoms with van der Waals surface area (Å²) in [6.45, 7) is 3.62. The van der Waals surface area contributed by atoms with Gasteiger partial charge in [-0.25, -0.2) is 0 Å². The highest BCUT2D eigenvalue weighted by atomic mass is 32.1. The van der Waals surface area contributed by atoms with Crippen LogP contribution in [-0.2, 0) is 4.79 Å². The van der Waals surface area contributed by atoms with Gasteiger partial charge in [-0.1, -0.05) is 38.9 Å². The number of nitrogens with two attached hydrogens (primary N) is 1. The smallest absolute Gasteiger partial charge is 0.392 e. The van der Waals surface area contributed by atoms with Crippen LogP contribution in [0.15, 0.2) is 0 Å². The molecule has 0 bridgehead atoms. The first kappa shape index (κ1) is 17.2. The Bertz CT molecular complexity index is 371. The summed E-state index contributed by atoms with van der Waals surface area (Å²) in [5, 5.41) is 2.58. The number of carbonyl (C=O) groups excluding carboxylic acids is 1. The fraction of sp³-hybridized carbons (Fsp3) is 0.846. The molecule has 0 spiro atoms. The van der Waals surface area contributed by atoms with Crippen LogP contribution in [0.1, 0.15) is 39.5 Å². The van der Waals surface area contributed by atoms with Crippen molar-refractivity contribution in [2.75, 3.05) is 0 Å². The molecule has 1 fully saturated rings. The normalized spacial score (nSPS) is 25.3. The molecule has 116 valence electrons. The van der Waals surface area contributed by atoms with Gasteiger partial charge in [0, 0.05) is 5.92 Å². The SMILES string of the molecule is CC(C)C(NC(=O)C1CCCCC1C(F)(F)F)C(N)=S. The van der Waals surface area contributed by atoms with Crippen LogP contribution < -0.4 is 11.1 Å². The van der Waals surface area contributed by atoms with E-state index in [-0.39, 0.29) is 23.7 Å². The molecule has 0 aromatic rings. The number of rotatable bonds is 4. The summed E-state index contributed by atoms with van der Waals surface area (Å²) < 4.78 is 38.9. The lowest BCUT2D eigenvalue weighted by Crippen LogP contribution is -2.51. The number of amides is 1. The lowest BCUT2D eigenvalue weighted by atomic mass is 9.78. The minimum absolute atomic E-state index is 0.0149. The summed E-state index contributed by atoms with van der Waals surface area (Å²) in [6.07, 6.45) is -2.90. The summed E-state index contributed by atoms with van der Waals surface area (Å²) in [6, 6.07) is -0.562. The van der Waals surface area contributed by atoms with Crippen molar-refractivity contribution in [1.82, 2.24) is 5.32 Å². The van der Waals surface area contributed by atoms with Crippen LogP contribution in [0.3, 0.4) is 0 Å². The Kier molecular flexibility index (Phi) is 5.79. The quantitative estimate of drug-likeness (QED) is 0.785. The number of nitrogens with one attached hydrogen (secondary N) is 1. The standard InChI is InChI=1S/C13H21F3N2OS/c1-7(2)10(11(17)20)18-12(19)8-5-3-4-6-9(8)13(14,15)16/h7-10H,3-6H2,1-2H3,(H2,17,20)(H,18,19). The Labute approximate surface area is 122 Å². The van der Waals surface area contributed by atoms with Crippen molar-refractivity contribution in [2.45, 2.75) is 51.7 Å². The molecule has 7 heteroatoms. The molecule has 3 nitrogen and oxygen atoms in total. The highest BCUT2D eigenvalue weighted by Gasteiger charge is 2.48. The average Bonchev–Trinajstić information content (AvgIpc) is 2.33. The summed E-state index contributed by atoms with van der Waals surface area (Å²) in [4.78, 5) is 12.3. The van der Waals surface area contributed by atoms with Gasteiger partial charge in [0.1, 0.15) is 0 Å². The Morgan fingerprint density at radius 1 is 1.30 bits per heavy atom. The summed E-state index contributed by atoms with van der Waals surface area (Å²) in [7, 11) is 0. The highest BCUT2D eigenvalue weighted by molar-refractivity contribution is 7.80. The Hall–Kier alpha value is -0.850. The molecule has 3 N–H and O–H groups in total. The van der Waals surface area contributed by atoms with Crippen LogP contribution in [-0.4, -0.2) is 23.1 Å². The number of alkyl halides is 3. The summed E-state index contributed by atoms with van der Waals surface area (Å²) >= 11 is 4.86. The van der Waals surface area contributed by atoms with E-state index in [0.29, 0.717) is 12.8 Å². The molecule has 1 rings (SSSR count). The molecule has 1 aliphatic carbocycles. The van der Waals surface area contributed by atoms with Crippen LogP contribution in [0.2, 0.25) is 0 Å². The second kappa shape index (κ2) is 6.74. The molecule has 0 radical (unpaired) electrons. The number of carbonyl (C=O) groups is 1. The topological polar surface area (TPSA) is 55.1 Å². The van der Waals surface area contributed by atoms with Gasteiger partial charge in [0.2, 0.25) is 5.91 Å². The summed E-state index contributed by atoms with van der Waals surface area (Å²) in [5.41, 5.74) is 5.53. The molecule has 0 aromatic carbocycles. The van der Waals surface area contributed by atoms with Crippen LogP contribution in [0.5, 0.6) is 0 Å². The van der Waals surface area contributed by atoms with Crippen LogP contribution >= 0.6 is 12.2 Å². The summed E-state index contributed by atoms with van der Waals surface area (Å²) in [5.74, 6) is -3.22. The second-order valence-corrected chi connectivity index (χ2v) is 6.14. The van der Waals surface area contributed by atoms with Crippen molar-refractivity contribution in [1.29, 1.82) is 0 Å². The van der Waals surface area contributed by atoms with Crippen molar-refractivity contribution < 1.29 is 18.0 Å². The molecule has 3 unspecified atom stereocenters. The third kappa shape index (κ3) is 4.33. The van der Waals surface area contributed by atoms with Gasteiger partial charge in [0.15, 0.2) is 0 Å². The zero-order chi connectivity index (χ0) is 15.5. The van der Waals surface area contributed by atoms with E-state index in [1.165, 1.54) is 0 Å². The van der Waals surface area contributed by atoms with Crippen molar-refractivity contribution in [3.63, 3.8) is 0 Å². The molecule has 0 aliphatic heterocycles. The first-order chi connectivity index (χ1) is 9.14. The van der Waals surface area contributed by atoms with E-state index in [1.54, 1.807) is 0 Å². The monoisotopic (exact) mass is 310 g/mol. The predicted octanol–water partition coefficient (Wildman–Crippen LogP) is 2.78. The first-order valence-electron chi connectivity index (χ1n) is 6.81. The van der Waals surface area contributed by atoms with Gasteiger partial charge in [-0.3, -0.25) is 4.79 Å². The average molecular weight is 310 g/mol. The number of hydrogen-bond acceptors (Lipinski definition) is 2. The van der Waals surface area contributed by atoms with E-state index >= 15 is 0 Å². The zero-order valence-corrected chi connectivity index (χ0v) is 12.5. The van der Waals surface area contributed by atoms with E-state index in [2.05, 4.69) is 5.32 Å². The van der Waals surface area contributed by atoms with Crippen molar-refractivity contribution in [3.8, 4) is 0 Å². The number of halogens is 3. The van der Waals surface area contributed by atoms with Crippen LogP contribution in [0, 0.1) is 17.8 Å². The van der Waals surface area contributed by atoms with Crippen molar-refractivity contribution >= 4 is 23.1 Å². The highest BCUT2D eigenvalue weighted by Crippen LogP contribution is 2.41. The number of thiocarbonyl (C=S) groups is 1.